The first-order chi connectivity index (χ1) is 9.61. The maximum absolute atomic E-state index is 12.1. The molecule has 2 aliphatic rings. The van der Waals surface area contributed by atoms with Gasteiger partial charge in [0.2, 0.25) is 5.91 Å². The molecule has 0 saturated carbocycles. The molecule has 6 heteroatoms. The first-order valence-electron chi connectivity index (χ1n) is 7.48. The summed E-state index contributed by atoms with van der Waals surface area (Å²) in [6.45, 7) is 5.07. The molecule has 0 bridgehead atoms. The minimum absolute atomic E-state index is 0.0370. The average molecular weight is 280 g/mol. The Kier molecular flexibility index (Phi) is 5.11. The Morgan fingerprint density at radius 1 is 1.35 bits per heavy atom. The van der Waals surface area contributed by atoms with Crippen LogP contribution in [0.5, 0.6) is 0 Å². The van der Waals surface area contributed by atoms with E-state index >= 15 is 0 Å². The summed E-state index contributed by atoms with van der Waals surface area (Å²) in [6.07, 6.45) is 4.35. The maximum atomic E-state index is 12.1. The van der Waals surface area contributed by atoms with Crippen molar-refractivity contribution in [2.24, 2.45) is 5.10 Å². The van der Waals surface area contributed by atoms with Gasteiger partial charge in [-0.2, -0.15) is 5.10 Å². The number of carbonyl (C=O) groups excluding carboxylic acids is 2. The first-order valence-corrected chi connectivity index (χ1v) is 7.48. The van der Waals surface area contributed by atoms with E-state index in [-0.39, 0.29) is 11.8 Å². The molecule has 1 saturated heterocycles. The molecule has 1 fully saturated rings. The lowest BCUT2D eigenvalue weighted by Gasteiger charge is -2.27. The van der Waals surface area contributed by atoms with Crippen LogP contribution in [0.1, 0.15) is 39.0 Å². The van der Waals surface area contributed by atoms with Crippen LogP contribution in [0.25, 0.3) is 0 Å². The number of amides is 2. The van der Waals surface area contributed by atoms with Gasteiger partial charge in [-0.05, 0) is 32.4 Å². The molecule has 0 aromatic carbocycles. The molecular weight excluding hydrogens is 256 g/mol. The molecular formula is C14H24N4O2. The zero-order valence-corrected chi connectivity index (χ0v) is 12.4. The van der Waals surface area contributed by atoms with Crippen LogP contribution in [0.2, 0.25) is 0 Å². The molecule has 1 N–H and O–H groups in total. The topological polar surface area (TPSA) is 65.0 Å². The van der Waals surface area contributed by atoms with Gasteiger partial charge >= 0.3 is 0 Å². The van der Waals surface area contributed by atoms with Gasteiger partial charge in [-0.3, -0.25) is 14.5 Å². The van der Waals surface area contributed by atoms with Gasteiger partial charge in [0.15, 0.2) is 0 Å². The van der Waals surface area contributed by atoms with Crippen molar-refractivity contribution in [2.45, 2.75) is 45.1 Å². The van der Waals surface area contributed by atoms with Crippen LogP contribution in [-0.4, -0.2) is 60.2 Å². The summed E-state index contributed by atoms with van der Waals surface area (Å²) in [6, 6.07) is 0.407. The molecule has 0 unspecified atom stereocenters. The van der Waals surface area contributed by atoms with Crippen LogP contribution < -0.4 is 5.32 Å². The highest BCUT2D eigenvalue weighted by atomic mass is 16.2. The molecule has 0 aromatic heterocycles. The highest BCUT2D eigenvalue weighted by Crippen LogP contribution is 2.13. The van der Waals surface area contributed by atoms with Crippen molar-refractivity contribution in [1.29, 1.82) is 0 Å². The summed E-state index contributed by atoms with van der Waals surface area (Å²) in [5.41, 5.74) is 0.461. The van der Waals surface area contributed by atoms with Crippen LogP contribution in [0.3, 0.4) is 0 Å². The lowest BCUT2D eigenvalue weighted by molar-refractivity contribution is -0.130. The number of nitrogens with zero attached hydrogens (tertiary/aromatic N) is 3. The highest BCUT2D eigenvalue weighted by Gasteiger charge is 2.24. The van der Waals surface area contributed by atoms with E-state index in [9.17, 15) is 9.59 Å². The second kappa shape index (κ2) is 6.83. The van der Waals surface area contributed by atoms with Crippen molar-refractivity contribution in [3.63, 3.8) is 0 Å². The van der Waals surface area contributed by atoms with E-state index in [1.165, 1.54) is 17.9 Å². The van der Waals surface area contributed by atoms with Crippen molar-refractivity contribution in [2.75, 3.05) is 26.7 Å². The minimum Gasteiger partial charge on any atom is -0.349 e. The Bertz CT molecular complexity index is 402. The molecule has 2 rings (SSSR count). The standard InChI is InChI=1S/C14H24N4O2/c1-3-11(18-8-4-5-9-18)10-15-14(20)12-6-7-13(19)17(2)16-12/h11H,3-10H2,1-2H3,(H,15,20)/t11-/m1/s1. The van der Waals surface area contributed by atoms with Crippen molar-refractivity contribution < 1.29 is 9.59 Å². The summed E-state index contributed by atoms with van der Waals surface area (Å²) >= 11 is 0. The summed E-state index contributed by atoms with van der Waals surface area (Å²) < 4.78 is 0. The molecule has 0 radical (unpaired) electrons. The molecule has 112 valence electrons. The van der Waals surface area contributed by atoms with Gasteiger partial charge in [0.05, 0.1) is 0 Å². The zero-order chi connectivity index (χ0) is 14.5. The number of hydrazone groups is 1. The Morgan fingerprint density at radius 3 is 2.65 bits per heavy atom. The lowest BCUT2D eigenvalue weighted by atomic mass is 10.1. The third kappa shape index (κ3) is 3.56. The summed E-state index contributed by atoms with van der Waals surface area (Å²) in [4.78, 5) is 25.9. The summed E-state index contributed by atoms with van der Waals surface area (Å²) in [5.74, 6) is -0.174. The van der Waals surface area contributed by atoms with Gasteiger partial charge in [0.1, 0.15) is 5.71 Å². The number of hydrogen-bond acceptors (Lipinski definition) is 4. The van der Waals surface area contributed by atoms with Crippen LogP contribution >= 0.6 is 0 Å². The molecule has 2 heterocycles. The van der Waals surface area contributed by atoms with Gasteiger partial charge in [0, 0.05) is 32.5 Å². The first kappa shape index (κ1) is 15.0. The fourth-order valence-corrected chi connectivity index (χ4v) is 2.78. The fraction of sp³-hybridized carbons (Fsp3) is 0.786. The van der Waals surface area contributed by atoms with E-state index in [4.69, 9.17) is 0 Å². The molecule has 6 nitrogen and oxygen atoms in total. The Hall–Kier alpha value is -1.43. The summed E-state index contributed by atoms with van der Waals surface area (Å²) in [5, 5.41) is 8.27. The maximum Gasteiger partial charge on any atom is 0.267 e. The fourth-order valence-electron chi connectivity index (χ4n) is 2.78. The zero-order valence-electron chi connectivity index (χ0n) is 12.4. The van der Waals surface area contributed by atoms with Gasteiger partial charge < -0.3 is 5.32 Å². The Morgan fingerprint density at radius 2 is 2.05 bits per heavy atom. The van der Waals surface area contributed by atoms with E-state index in [2.05, 4.69) is 22.2 Å². The number of carbonyl (C=O) groups is 2. The Labute approximate surface area is 120 Å². The molecule has 2 aliphatic heterocycles. The quantitative estimate of drug-likeness (QED) is 0.801. The smallest absolute Gasteiger partial charge is 0.267 e. The molecule has 2 amide bonds. The Balaban J connectivity index is 1.85. The van der Waals surface area contributed by atoms with Crippen molar-refractivity contribution in [1.82, 2.24) is 15.2 Å². The van der Waals surface area contributed by atoms with Gasteiger partial charge in [-0.25, -0.2) is 5.01 Å². The van der Waals surface area contributed by atoms with Crippen LogP contribution in [0.4, 0.5) is 0 Å². The largest absolute Gasteiger partial charge is 0.349 e. The second-order valence-electron chi connectivity index (χ2n) is 5.48. The molecule has 0 aliphatic carbocycles. The van der Waals surface area contributed by atoms with Crippen molar-refractivity contribution >= 4 is 17.5 Å². The van der Waals surface area contributed by atoms with E-state index in [0.29, 0.717) is 31.1 Å². The second-order valence-corrected chi connectivity index (χ2v) is 5.48. The SMILES string of the molecule is CC[C@H](CNC(=O)C1=NN(C)C(=O)CC1)N1CCCC1. The van der Waals surface area contributed by atoms with E-state index in [1.54, 1.807) is 7.05 Å². The normalized spacial score (nSPS) is 21.8. The monoisotopic (exact) mass is 280 g/mol. The number of likely N-dealkylation sites (tertiary alicyclic amines) is 1. The third-order valence-corrected chi connectivity index (χ3v) is 4.10. The van der Waals surface area contributed by atoms with Crippen LogP contribution in [-0.2, 0) is 9.59 Å². The van der Waals surface area contributed by atoms with Crippen molar-refractivity contribution in [3.8, 4) is 0 Å². The van der Waals surface area contributed by atoms with Crippen LogP contribution in [0.15, 0.2) is 5.10 Å². The van der Waals surface area contributed by atoms with Crippen molar-refractivity contribution in [3.05, 3.63) is 0 Å². The number of hydrogen-bond donors (Lipinski definition) is 1. The average Bonchev–Trinajstić information content (AvgIpc) is 2.96. The lowest BCUT2D eigenvalue weighted by Crippen LogP contribution is -2.45. The highest BCUT2D eigenvalue weighted by molar-refractivity contribution is 6.39. The third-order valence-electron chi connectivity index (χ3n) is 4.10. The number of nitrogens with one attached hydrogen (secondary N) is 1. The van der Waals surface area contributed by atoms with E-state index < -0.39 is 0 Å². The van der Waals surface area contributed by atoms with Gasteiger partial charge in [-0.1, -0.05) is 6.92 Å². The minimum atomic E-state index is -0.137. The van der Waals surface area contributed by atoms with E-state index in [0.717, 1.165) is 19.5 Å². The molecule has 0 aromatic rings. The molecule has 20 heavy (non-hydrogen) atoms. The molecule has 0 spiro atoms. The summed E-state index contributed by atoms with van der Waals surface area (Å²) in [7, 11) is 1.59. The van der Waals surface area contributed by atoms with Gasteiger partial charge in [0.25, 0.3) is 5.91 Å². The number of rotatable bonds is 5. The predicted molar refractivity (Wildman–Crippen MR) is 77.3 cm³/mol. The predicted octanol–water partition coefficient (Wildman–Crippen LogP) is 0.585. The molecule has 1 atom stereocenters. The van der Waals surface area contributed by atoms with Gasteiger partial charge in [-0.15, -0.1) is 0 Å². The van der Waals surface area contributed by atoms with E-state index in [1.807, 2.05) is 0 Å². The van der Waals surface area contributed by atoms with Crippen LogP contribution in [0, 0.1) is 0 Å².